The summed E-state index contributed by atoms with van der Waals surface area (Å²) in [4.78, 5) is 19.6. The summed E-state index contributed by atoms with van der Waals surface area (Å²) < 4.78 is 17.1. The Labute approximate surface area is 186 Å². The van der Waals surface area contributed by atoms with Gasteiger partial charge in [-0.2, -0.15) is 0 Å². The second kappa shape index (κ2) is 8.55. The van der Waals surface area contributed by atoms with Gasteiger partial charge in [-0.25, -0.2) is 4.98 Å². The Balaban J connectivity index is 1.86. The van der Waals surface area contributed by atoms with Gasteiger partial charge in [-0.05, 0) is 42.5 Å². The lowest BCUT2D eigenvalue weighted by Gasteiger charge is -2.19. The molecule has 0 saturated heterocycles. The van der Waals surface area contributed by atoms with E-state index in [-0.39, 0.29) is 18.0 Å². The number of nitrogens with zero attached hydrogens (tertiary/aromatic N) is 2. The van der Waals surface area contributed by atoms with Gasteiger partial charge < -0.3 is 13.9 Å². The van der Waals surface area contributed by atoms with E-state index in [0.717, 1.165) is 4.70 Å². The molecule has 2 heterocycles. The number of methoxy groups -OCH3 is 2. The molecular weight excluding hydrogens is 447 g/mol. The number of halogens is 2. The lowest BCUT2D eigenvalue weighted by atomic mass is 10.2. The number of rotatable bonds is 6. The molecule has 30 heavy (non-hydrogen) atoms. The minimum absolute atomic E-state index is 0.166. The quantitative estimate of drug-likeness (QED) is 0.348. The van der Waals surface area contributed by atoms with Gasteiger partial charge >= 0.3 is 0 Å². The summed E-state index contributed by atoms with van der Waals surface area (Å²) in [6.07, 6.45) is 1.55. The average Bonchev–Trinajstić information content (AvgIpc) is 3.42. The highest BCUT2D eigenvalue weighted by molar-refractivity contribution is 7.22. The van der Waals surface area contributed by atoms with Crippen LogP contribution in [-0.2, 0) is 6.54 Å². The Bertz CT molecular complexity index is 1170. The zero-order chi connectivity index (χ0) is 21.3. The third-order valence-corrected chi connectivity index (χ3v) is 6.09. The molecule has 0 spiro atoms. The fraction of sp³-hybridized carbons (Fsp3) is 0.143. The van der Waals surface area contributed by atoms with Gasteiger partial charge in [0, 0.05) is 5.02 Å². The molecule has 0 aliphatic heterocycles. The molecule has 6 nitrogen and oxygen atoms in total. The molecule has 154 valence electrons. The van der Waals surface area contributed by atoms with Crippen molar-refractivity contribution in [3.05, 3.63) is 70.1 Å². The van der Waals surface area contributed by atoms with Crippen molar-refractivity contribution in [2.75, 3.05) is 19.1 Å². The molecule has 4 rings (SSSR count). The van der Waals surface area contributed by atoms with E-state index in [9.17, 15) is 4.79 Å². The first-order valence-corrected chi connectivity index (χ1v) is 10.4. The third kappa shape index (κ3) is 3.84. The summed E-state index contributed by atoms with van der Waals surface area (Å²) in [5.41, 5.74) is 0.875. The molecule has 0 aliphatic rings. The molecule has 0 atom stereocenters. The van der Waals surface area contributed by atoms with Crippen LogP contribution < -0.4 is 14.4 Å². The van der Waals surface area contributed by atoms with Gasteiger partial charge in [0.25, 0.3) is 5.91 Å². The van der Waals surface area contributed by atoms with E-state index in [0.29, 0.717) is 38.0 Å². The Morgan fingerprint density at radius 3 is 2.60 bits per heavy atom. The van der Waals surface area contributed by atoms with Crippen LogP contribution in [-0.4, -0.2) is 25.1 Å². The van der Waals surface area contributed by atoms with E-state index >= 15 is 0 Å². The zero-order valence-corrected chi connectivity index (χ0v) is 18.3. The summed E-state index contributed by atoms with van der Waals surface area (Å²) >= 11 is 13.7. The summed E-state index contributed by atoms with van der Waals surface area (Å²) in [6, 6.07) is 11.9. The maximum atomic E-state index is 13.5. The molecule has 0 bridgehead atoms. The molecule has 0 N–H and O–H groups in total. The second-order valence-corrected chi connectivity index (χ2v) is 8.06. The average molecular weight is 463 g/mol. The SMILES string of the molecule is COc1ccc(OC)c2sc(N(Cc3ccco3)C(=O)c3cc(Cl)ccc3Cl)nc12. The highest BCUT2D eigenvalue weighted by Crippen LogP contribution is 2.41. The van der Waals surface area contributed by atoms with Gasteiger partial charge in [0.1, 0.15) is 27.5 Å². The van der Waals surface area contributed by atoms with Crippen LogP contribution in [0.5, 0.6) is 11.5 Å². The monoisotopic (exact) mass is 462 g/mol. The highest BCUT2D eigenvalue weighted by Gasteiger charge is 2.26. The first kappa shape index (κ1) is 20.5. The molecule has 1 amide bonds. The maximum absolute atomic E-state index is 13.5. The van der Waals surface area contributed by atoms with Gasteiger partial charge in [0.2, 0.25) is 0 Å². The van der Waals surface area contributed by atoms with Crippen LogP contribution in [0.1, 0.15) is 16.1 Å². The lowest BCUT2D eigenvalue weighted by Crippen LogP contribution is -2.30. The first-order valence-electron chi connectivity index (χ1n) is 8.82. The van der Waals surface area contributed by atoms with E-state index in [1.807, 2.05) is 0 Å². The maximum Gasteiger partial charge on any atom is 0.262 e. The van der Waals surface area contributed by atoms with E-state index < -0.39 is 0 Å². The van der Waals surface area contributed by atoms with E-state index in [1.54, 1.807) is 56.9 Å². The minimum Gasteiger partial charge on any atom is -0.495 e. The number of amides is 1. The number of aromatic nitrogens is 1. The summed E-state index contributed by atoms with van der Waals surface area (Å²) in [5.74, 6) is 1.47. The number of ether oxygens (including phenoxy) is 2. The van der Waals surface area contributed by atoms with Crippen molar-refractivity contribution in [3.8, 4) is 11.5 Å². The van der Waals surface area contributed by atoms with Gasteiger partial charge in [-0.1, -0.05) is 34.5 Å². The molecule has 0 saturated carbocycles. The van der Waals surface area contributed by atoms with Crippen molar-refractivity contribution in [1.82, 2.24) is 4.98 Å². The molecule has 2 aromatic heterocycles. The van der Waals surface area contributed by atoms with E-state index in [2.05, 4.69) is 4.98 Å². The summed E-state index contributed by atoms with van der Waals surface area (Å²) in [5, 5.41) is 1.16. The molecule has 0 aliphatic carbocycles. The van der Waals surface area contributed by atoms with Crippen LogP contribution >= 0.6 is 34.5 Å². The summed E-state index contributed by atoms with van der Waals surface area (Å²) in [7, 11) is 3.15. The van der Waals surface area contributed by atoms with Crippen molar-refractivity contribution < 1.29 is 18.7 Å². The molecule has 9 heteroatoms. The number of thiazole rings is 1. The summed E-state index contributed by atoms with van der Waals surface area (Å²) in [6.45, 7) is 0.166. The van der Waals surface area contributed by atoms with Crippen LogP contribution in [0.15, 0.2) is 53.1 Å². The van der Waals surface area contributed by atoms with Crippen molar-refractivity contribution >= 4 is 55.8 Å². The number of carbonyl (C=O) groups is 1. The minimum atomic E-state index is -0.351. The molecule has 0 radical (unpaired) electrons. The predicted molar refractivity (Wildman–Crippen MR) is 118 cm³/mol. The molecular formula is C21H16Cl2N2O4S. The van der Waals surface area contributed by atoms with Crippen molar-refractivity contribution in [2.24, 2.45) is 0 Å². The van der Waals surface area contributed by atoms with Crippen LogP contribution in [0.3, 0.4) is 0 Å². The van der Waals surface area contributed by atoms with E-state index in [4.69, 9.17) is 37.1 Å². The Kier molecular flexibility index (Phi) is 5.85. The van der Waals surface area contributed by atoms with Gasteiger partial charge in [-0.15, -0.1) is 0 Å². The van der Waals surface area contributed by atoms with Crippen LogP contribution in [0.2, 0.25) is 10.0 Å². The Morgan fingerprint density at radius 2 is 1.90 bits per heavy atom. The van der Waals surface area contributed by atoms with Crippen molar-refractivity contribution in [2.45, 2.75) is 6.54 Å². The van der Waals surface area contributed by atoms with Crippen molar-refractivity contribution in [3.63, 3.8) is 0 Å². The van der Waals surface area contributed by atoms with E-state index in [1.165, 1.54) is 22.3 Å². The number of carbonyl (C=O) groups excluding carboxylic acids is 1. The lowest BCUT2D eigenvalue weighted by molar-refractivity contribution is 0.0983. The topological polar surface area (TPSA) is 64.8 Å². The number of benzene rings is 2. The molecule has 0 unspecified atom stereocenters. The molecule has 2 aromatic carbocycles. The standard InChI is InChI=1S/C21H16Cl2N2O4S/c1-27-16-7-8-17(28-2)19-18(16)24-21(30-19)25(11-13-4-3-9-29-13)20(26)14-10-12(22)5-6-15(14)23/h3-10H,11H2,1-2H3. The highest BCUT2D eigenvalue weighted by atomic mass is 35.5. The van der Waals surface area contributed by atoms with Gasteiger partial charge in [0.15, 0.2) is 5.13 Å². The van der Waals surface area contributed by atoms with Crippen LogP contribution in [0, 0.1) is 0 Å². The van der Waals surface area contributed by atoms with Crippen molar-refractivity contribution in [1.29, 1.82) is 0 Å². The third-order valence-electron chi connectivity index (χ3n) is 4.43. The zero-order valence-electron chi connectivity index (χ0n) is 16.0. The van der Waals surface area contributed by atoms with Crippen LogP contribution in [0.4, 0.5) is 5.13 Å². The number of fused-ring (bicyclic) bond motifs is 1. The molecule has 0 fully saturated rings. The first-order chi connectivity index (χ1) is 14.5. The number of furan rings is 1. The predicted octanol–water partition coefficient (Wildman–Crippen LogP) is 6.06. The normalized spacial score (nSPS) is 10.9. The number of hydrogen-bond donors (Lipinski definition) is 0. The van der Waals surface area contributed by atoms with Gasteiger partial charge in [-0.3, -0.25) is 9.69 Å². The van der Waals surface area contributed by atoms with Gasteiger partial charge in [0.05, 0.1) is 37.6 Å². The molecule has 4 aromatic rings. The van der Waals surface area contributed by atoms with Crippen LogP contribution in [0.25, 0.3) is 10.2 Å². The smallest absolute Gasteiger partial charge is 0.262 e. The fourth-order valence-electron chi connectivity index (χ4n) is 2.98. The number of hydrogen-bond acceptors (Lipinski definition) is 6. The largest absolute Gasteiger partial charge is 0.495 e. The number of anilines is 1. The second-order valence-electron chi connectivity index (χ2n) is 6.24. The Morgan fingerprint density at radius 1 is 1.13 bits per heavy atom. The Hall–Kier alpha value is -2.74. The fourth-order valence-corrected chi connectivity index (χ4v) is 4.42.